The van der Waals surface area contributed by atoms with Crippen molar-refractivity contribution in [1.29, 1.82) is 0 Å². The molecule has 0 fully saturated rings. The molecule has 0 rings (SSSR count). The Kier molecular flexibility index (Phi) is 46.6. The molecule has 0 radical (unpaired) electrons. The van der Waals surface area contributed by atoms with Crippen LogP contribution in [0.15, 0.2) is 60.8 Å². The summed E-state index contributed by atoms with van der Waals surface area (Å²) in [6.45, 7) is 6.40. The number of rotatable bonds is 46. The molecule has 1 amide bonds. The Bertz CT molecular complexity index is 1090. The van der Waals surface area contributed by atoms with Gasteiger partial charge in [0.25, 0.3) is 0 Å². The van der Waals surface area contributed by atoms with E-state index in [1.165, 1.54) is 122 Å². The predicted molar refractivity (Wildman–Crippen MR) is 264 cm³/mol. The molecule has 0 aliphatic rings. The second-order valence-corrected chi connectivity index (χ2v) is 17.6. The van der Waals surface area contributed by atoms with Crippen LogP contribution in [-0.2, 0) is 14.3 Å². The van der Waals surface area contributed by atoms with Crippen LogP contribution in [0.3, 0.4) is 0 Å². The molecular formula is C55H99NO5. The first-order valence-corrected chi connectivity index (χ1v) is 26.0. The van der Waals surface area contributed by atoms with Crippen molar-refractivity contribution in [2.45, 2.75) is 270 Å². The van der Waals surface area contributed by atoms with Crippen LogP contribution in [0.5, 0.6) is 0 Å². The van der Waals surface area contributed by atoms with Crippen LogP contribution in [0.1, 0.15) is 252 Å². The number of hydrogen-bond donors (Lipinski definition) is 3. The van der Waals surface area contributed by atoms with E-state index < -0.39 is 18.2 Å². The summed E-state index contributed by atoms with van der Waals surface area (Å²) in [7, 11) is 0. The average Bonchev–Trinajstić information content (AvgIpc) is 3.25. The van der Waals surface area contributed by atoms with E-state index in [4.69, 9.17) is 4.74 Å². The maximum atomic E-state index is 13.2. The summed E-state index contributed by atoms with van der Waals surface area (Å²) >= 11 is 0. The number of carbonyl (C=O) groups is 2. The number of hydrogen-bond acceptors (Lipinski definition) is 5. The number of nitrogens with one attached hydrogen (secondary N) is 1. The Morgan fingerprint density at radius 2 is 0.852 bits per heavy atom. The second-order valence-electron chi connectivity index (χ2n) is 17.6. The molecule has 61 heavy (non-hydrogen) atoms. The molecule has 0 heterocycles. The van der Waals surface area contributed by atoms with E-state index >= 15 is 0 Å². The molecule has 354 valence electrons. The van der Waals surface area contributed by atoms with Gasteiger partial charge in [-0.2, -0.15) is 0 Å². The number of carbonyl (C=O) groups excluding carboxylic acids is 2. The highest BCUT2D eigenvalue weighted by molar-refractivity contribution is 5.77. The fourth-order valence-corrected chi connectivity index (χ4v) is 7.58. The van der Waals surface area contributed by atoms with Crippen LogP contribution >= 0.6 is 0 Å². The Hall–Kier alpha value is -2.44. The third-order valence-corrected chi connectivity index (χ3v) is 11.6. The fourth-order valence-electron chi connectivity index (χ4n) is 7.58. The van der Waals surface area contributed by atoms with Gasteiger partial charge in [-0.3, -0.25) is 9.59 Å². The van der Waals surface area contributed by atoms with Crippen molar-refractivity contribution in [1.82, 2.24) is 5.32 Å². The summed E-state index contributed by atoms with van der Waals surface area (Å²) in [6.07, 6.45) is 60.0. The third-order valence-electron chi connectivity index (χ3n) is 11.6. The molecule has 0 spiro atoms. The number of amides is 1. The van der Waals surface area contributed by atoms with E-state index in [0.717, 1.165) is 77.0 Å². The molecule has 3 N–H and O–H groups in total. The lowest BCUT2D eigenvalue weighted by Crippen LogP contribution is -2.46. The summed E-state index contributed by atoms with van der Waals surface area (Å²) in [6, 6.07) is -0.717. The van der Waals surface area contributed by atoms with Gasteiger partial charge in [-0.15, -0.1) is 0 Å². The van der Waals surface area contributed by atoms with E-state index in [9.17, 15) is 19.8 Å². The third kappa shape index (κ3) is 44.0. The molecule has 0 aromatic carbocycles. The van der Waals surface area contributed by atoms with Gasteiger partial charge in [0.05, 0.1) is 25.2 Å². The minimum absolute atomic E-state index is 0.0438. The van der Waals surface area contributed by atoms with E-state index in [0.29, 0.717) is 25.7 Å². The van der Waals surface area contributed by atoms with Crippen molar-refractivity contribution in [3.05, 3.63) is 60.8 Å². The summed E-state index contributed by atoms with van der Waals surface area (Å²) < 4.78 is 5.88. The Morgan fingerprint density at radius 3 is 1.36 bits per heavy atom. The summed E-state index contributed by atoms with van der Waals surface area (Å²) in [5.41, 5.74) is 0. The van der Waals surface area contributed by atoms with Gasteiger partial charge in [0.1, 0.15) is 6.10 Å². The standard InChI is InChI=1S/C55H99NO5/c1-4-7-10-13-16-19-21-23-25-27-29-31-33-36-39-42-45-48-55(60)61-51(46-43-40-37-34-18-15-12-9-6-3)49-54(59)56-52(50-57)53(58)47-44-41-38-35-32-30-28-26-24-22-20-17-14-11-8-5-2/h15-16,18-19,23,25,29,31,36,39,51-53,57-58H,4-14,17,20-22,24,26-28,30,32-35,37-38,40-50H2,1-3H3,(H,56,59)/b18-15-,19-16-,25-23-,31-29-,39-36-. The van der Waals surface area contributed by atoms with Crippen molar-refractivity contribution in [2.75, 3.05) is 6.61 Å². The quantitative estimate of drug-likeness (QED) is 0.0322. The molecule has 0 aromatic heterocycles. The zero-order valence-corrected chi connectivity index (χ0v) is 40.3. The van der Waals surface area contributed by atoms with Crippen molar-refractivity contribution < 1.29 is 24.5 Å². The maximum absolute atomic E-state index is 13.2. The molecule has 0 aliphatic carbocycles. The summed E-state index contributed by atoms with van der Waals surface area (Å²) in [4.78, 5) is 26.0. The molecule has 0 aliphatic heterocycles. The first-order chi connectivity index (χ1) is 30.0. The lowest BCUT2D eigenvalue weighted by atomic mass is 10.0. The van der Waals surface area contributed by atoms with Gasteiger partial charge in [-0.05, 0) is 83.5 Å². The van der Waals surface area contributed by atoms with Crippen LogP contribution in [0, 0.1) is 0 Å². The normalized spacial score (nSPS) is 13.7. The number of ether oxygens (including phenoxy) is 1. The van der Waals surface area contributed by atoms with E-state index in [1.807, 2.05) is 0 Å². The van der Waals surface area contributed by atoms with Crippen molar-refractivity contribution >= 4 is 11.9 Å². The molecule has 0 saturated heterocycles. The smallest absolute Gasteiger partial charge is 0.306 e. The molecule has 6 nitrogen and oxygen atoms in total. The molecule has 3 atom stereocenters. The van der Waals surface area contributed by atoms with Gasteiger partial charge in [0.2, 0.25) is 5.91 Å². The van der Waals surface area contributed by atoms with Gasteiger partial charge in [0.15, 0.2) is 0 Å². The number of aliphatic hydroxyl groups is 2. The molecule has 0 bridgehead atoms. The fraction of sp³-hybridized carbons (Fsp3) is 0.782. The zero-order valence-electron chi connectivity index (χ0n) is 40.3. The lowest BCUT2D eigenvalue weighted by Gasteiger charge is -2.24. The number of aliphatic hydroxyl groups excluding tert-OH is 2. The van der Waals surface area contributed by atoms with Crippen molar-refractivity contribution in [3.63, 3.8) is 0 Å². The molecule has 3 unspecified atom stereocenters. The minimum Gasteiger partial charge on any atom is -0.462 e. The maximum Gasteiger partial charge on any atom is 0.306 e. The van der Waals surface area contributed by atoms with Gasteiger partial charge < -0.3 is 20.3 Å². The number of esters is 1. The molecule has 6 heteroatoms. The van der Waals surface area contributed by atoms with Crippen LogP contribution < -0.4 is 5.32 Å². The van der Waals surface area contributed by atoms with Gasteiger partial charge in [0, 0.05) is 6.42 Å². The van der Waals surface area contributed by atoms with Crippen LogP contribution in [0.4, 0.5) is 0 Å². The first-order valence-electron chi connectivity index (χ1n) is 26.0. The SMILES string of the molecule is CCCC/C=C\CCCCCC(CC(=O)NC(CO)C(O)CCCCCCCCCCCCCCCCCC)OC(=O)CCC/C=C\C/C=C\C/C=C\C/C=C\CCCCC. The first kappa shape index (κ1) is 58.6. The monoisotopic (exact) mass is 854 g/mol. The van der Waals surface area contributed by atoms with E-state index in [1.54, 1.807) is 0 Å². The average molecular weight is 854 g/mol. The van der Waals surface area contributed by atoms with Crippen LogP contribution in [0.2, 0.25) is 0 Å². The Morgan fingerprint density at radius 1 is 0.475 bits per heavy atom. The van der Waals surface area contributed by atoms with E-state index in [2.05, 4.69) is 86.8 Å². The van der Waals surface area contributed by atoms with E-state index in [-0.39, 0.29) is 24.9 Å². The second kappa shape index (κ2) is 48.6. The zero-order chi connectivity index (χ0) is 44.5. The van der Waals surface area contributed by atoms with Gasteiger partial charge in [-0.25, -0.2) is 0 Å². The Labute approximate surface area is 378 Å². The van der Waals surface area contributed by atoms with Gasteiger partial charge in [-0.1, -0.05) is 216 Å². The summed E-state index contributed by atoms with van der Waals surface area (Å²) in [5.74, 6) is -0.558. The highest BCUT2D eigenvalue weighted by Crippen LogP contribution is 2.17. The highest BCUT2D eigenvalue weighted by atomic mass is 16.5. The van der Waals surface area contributed by atoms with Crippen LogP contribution in [0.25, 0.3) is 0 Å². The van der Waals surface area contributed by atoms with Crippen molar-refractivity contribution in [2.24, 2.45) is 0 Å². The van der Waals surface area contributed by atoms with Gasteiger partial charge >= 0.3 is 5.97 Å². The molecule has 0 saturated carbocycles. The van der Waals surface area contributed by atoms with Crippen molar-refractivity contribution in [3.8, 4) is 0 Å². The highest BCUT2D eigenvalue weighted by Gasteiger charge is 2.24. The Balaban J connectivity index is 4.53. The molecular weight excluding hydrogens is 755 g/mol. The van der Waals surface area contributed by atoms with Crippen LogP contribution in [-0.4, -0.2) is 46.9 Å². The molecule has 0 aromatic rings. The lowest BCUT2D eigenvalue weighted by molar-refractivity contribution is -0.151. The largest absolute Gasteiger partial charge is 0.462 e. The predicted octanol–water partition coefficient (Wildman–Crippen LogP) is 15.6. The topological polar surface area (TPSA) is 95.9 Å². The minimum atomic E-state index is -0.801. The number of unbranched alkanes of at least 4 members (excludes halogenated alkanes) is 24. The number of allylic oxidation sites excluding steroid dienone is 10. The summed E-state index contributed by atoms with van der Waals surface area (Å²) in [5, 5.41) is 23.7.